The highest BCUT2D eigenvalue weighted by Crippen LogP contribution is 2.33. The van der Waals surface area contributed by atoms with Crippen molar-refractivity contribution >= 4 is 27.6 Å². The maximum absolute atomic E-state index is 12.3. The molecule has 0 saturated heterocycles. The molecule has 8 heteroatoms. The number of rotatable bonds is 3. The van der Waals surface area contributed by atoms with Gasteiger partial charge in [-0.3, -0.25) is 0 Å². The number of alkyl halides is 3. The topological polar surface area (TPSA) is 41.6 Å². The molecule has 0 spiro atoms. The predicted octanol–water partition coefficient (Wildman–Crippen LogP) is 3.83. The summed E-state index contributed by atoms with van der Waals surface area (Å²) in [5.74, 6) is -0.472. The third kappa shape index (κ3) is 4.98. The lowest BCUT2D eigenvalue weighted by Gasteiger charge is -2.18. The van der Waals surface area contributed by atoms with E-state index in [9.17, 15) is 18.0 Å². The first-order chi connectivity index (χ1) is 8.73. The molecule has 0 fully saturated rings. The van der Waals surface area contributed by atoms with Crippen LogP contribution in [0.5, 0.6) is 5.75 Å². The highest BCUT2D eigenvalue weighted by Gasteiger charge is 2.32. The molecule has 1 aromatic rings. The Hall–Kier alpha value is -1.44. The van der Waals surface area contributed by atoms with E-state index in [0.717, 1.165) is 6.07 Å². The van der Waals surface area contributed by atoms with Crippen molar-refractivity contribution in [1.82, 2.24) is 4.90 Å². The lowest BCUT2D eigenvalue weighted by molar-refractivity contribution is -0.274. The summed E-state index contributed by atoms with van der Waals surface area (Å²) in [5.41, 5.74) is -0.0502. The van der Waals surface area contributed by atoms with E-state index in [-0.39, 0.29) is 5.69 Å². The van der Waals surface area contributed by atoms with Crippen molar-refractivity contribution in [2.75, 3.05) is 18.9 Å². The molecule has 0 aliphatic heterocycles. The number of carbonyl (C=O) groups is 1. The number of nitrogens with one attached hydrogen (secondary N) is 1. The Morgan fingerprint density at radius 1 is 1.47 bits per heavy atom. The molecule has 0 heterocycles. The van der Waals surface area contributed by atoms with Crippen molar-refractivity contribution < 1.29 is 22.7 Å². The third-order valence-corrected chi connectivity index (χ3v) is 2.73. The Labute approximate surface area is 116 Å². The summed E-state index contributed by atoms with van der Waals surface area (Å²) >= 11 is 3.04. The van der Waals surface area contributed by atoms with E-state index >= 15 is 0 Å². The Morgan fingerprint density at radius 3 is 2.63 bits per heavy atom. The SMILES string of the molecule is CCN(C)C(=O)Nc1ccc(Br)cc1OC(F)(F)F. The van der Waals surface area contributed by atoms with Gasteiger partial charge in [0, 0.05) is 18.1 Å². The summed E-state index contributed by atoms with van der Waals surface area (Å²) in [6.45, 7) is 2.17. The van der Waals surface area contributed by atoms with Crippen LogP contribution >= 0.6 is 15.9 Å². The Morgan fingerprint density at radius 2 is 2.11 bits per heavy atom. The quantitative estimate of drug-likeness (QED) is 0.908. The molecular formula is C11H12BrF3N2O2. The summed E-state index contributed by atoms with van der Waals surface area (Å²) in [5, 5.41) is 2.35. The van der Waals surface area contributed by atoms with E-state index in [0.29, 0.717) is 11.0 Å². The third-order valence-electron chi connectivity index (χ3n) is 2.23. The molecule has 0 aliphatic rings. The second-order valence-electron chi connectivity index (χ2n) is 3.63. The molecule has 0 radical (unpaired) electrons. The van der Waals surface area contributed by atoms with Gasteiger partial charge in [-0.15, -0.1) is 13.2 Å². The summed E-state index contributed by atoms with van der Waals surface area (Å²) in [6.07, 6.45) is -4.82. The number of urea groups is 1. The van der Waals surface area contributed by atoms with Gasteiger partial charge in [-0.1, -0.05) is 15.9 Å². The van der Waals surface area contributed by atoms with Gasteiger partial charge in [-0.25, -0.2) is 4.79 Å². The number of ether oxygens (including phenoxy) is 1. The smallest absolute Gasteiger partial charge is 0.404 e. The summed E-state index contributed by atoms with van der Waals surface area (Å²) in [7, 11) is 1.53. The molecule has 19 heavy (non-hydrogen) atoms. The number of benzene rings is 1. The van der Waals surface area contributed by atoms with Crippen LogP contribution in [0.1, 0.15) is 6.92 Å². The number of anilines is 1. The number of hydrogen-bond donors (Lipinski definition) is 1. The predicted molar refractivity (Wildman–Crippen MR) is 68.1 cm³/mol. The number of amides is 2. The minimum Gasteiger partial charge on any atom is -0.404 e. The van der Waals surface area contributed by atoms with Gasteiger partial charge in [0.2, 0.25) is 0 Å². The van der Waals surface area contributed by atoms with Crippen LogP contribution < -0.4 is 10.1 Å². The van der Waals surface area contributed by atoms with Gasteiger partial charge in [0.15, 0.2) is 5.75 Å². The molecule has 0 aliphatic carbocycles. The van der Waals surface area contributed by atoms with Crippen LogP contribution in [0.25, 0.3) is 0 Å². The molecule has 1 aromatic carbocycles. The first kappa shape index (κ1) is 15.6. The maximum Gasteiger partial charge on any atom is 0.573 e. The normalized spacial score (nSPS) is 11.1. The van der Waals surface area contributed by atoms with E-state index < -0.39 is 18.1 Å². The van der Waals surface area contributed by atoms with Gasteiger partial charge in [0.25, 0.3) is 0 Å². The Kier molecular flexibility index (Phi) is 5.04. The average Bonchev–Trinajstić information content (AvgIpc) is 2.29. The standard InChI is InChI=1S/C11H12BrF3N2O2/c1-3-17(2)10(18)16-8-5-4-7(12)6-9(8)19-11(13,14)15/h4-6H,3H2,1-2H3,(H,16,18). The van der Waals surface area contributed by atoms with Crippen molar-refractivity contribution in [3.05, 3.63) is 22.7 Å². The summed E-state index contributed by atoms with van der Waals surface area (Å²) < 4.78 is 41.0. The van der Waals surface area contributed by atoms with Gasteiger partial charge in [-0.05, 0) is 25.1 Å². The lowest BCUT2D eigenvalue weighted by Crippen LogP contribution is -2.31. The van der Waals surface area contributed by atoms with Crippen LogP contribution in [-0.4, -0.2) is 30.9 Å². The molecule has 0 bridgehead atoms. The fraction of sp³-hybridized carbons (Fsp3) is 0.364. The van der Waals surface area contributed by atoms with Gasteiger partial charge in [0.1, 0.15) is 0 Å². The molecular weight excluding hydrogens is 329 g/mol. The molecule has 0 unspecified atom stereocenters. The molecule has 1 rings (SSSR count). The molecule has 1 N–H and O–H groups in total. The van der Waals surface area contributed by atoms with Crippen LogP contribution in [0.2, 0.25) is 0 Å². The monoisotopic (exact) mass is 340 g/mol. The zero-order valence-corrected chi connectivity index (χ0v) is 11.8. The number of halogens is 4. The van der Waals surface area contributed by atoms with Crippen molar-refractivity contribution in [2.24, 2.45) is 0 Å². The number of hydrogen-bond acceptors (Lipinski definition) is 2. The maximum atomic E-state index is 12.3. The zero-order valence-electron chi connectivity index (χ0n) is 10.2. The van der Waals surface area contributed by atoms with Crippen LogP contribution in [0.3, 0.4) is 0 Å². The van der Waals surface area contributed by atoms with Crippen molar-refractivity contribution in [3.8, 4) is 5.75 Å². The molecule has 106 valence electrons. The van der Waals surface area contributed by atoms with E-state index in [1.54, 1.807) is 6.92 Å². The van der Waals surface area contributed by atoms with Gasteiger partial charge >= 0.3 is 12.4 Å². The molecule has 0 atom stereocenters. The highest BCUT2D eigenvalue weighted by atomic mass is 79.9. The van der Waals surface area contributed by atoms with Crippen molar-refractivity contribution in [3.63, 3.8) is 0 Å². The zero-order chi connectivity index (χ0) is 14.6. The van der Waals surface area contributed by atoms with Gasteiger partial charge < -0.3 is 15.0 Å². The van der Waals surface area contributed by atoms with Crippen molar-refractivity contribution in [2.45, 2.75) is 13.3 Å². The molecule has 4 nitrogen and oxygen atoms in total. The fourth-order valence-electron chi connectivity index (χ4n) is 1.16. The largest absolute Gasteiger partial charge is 0.573 e. The van der Waals surface area contributed by atoms with Gasteiger partial charge in [-0.2, -0.15) is 0 Å². The first-order valence-corrected chi connectivity index (χ1v) is 6.09. The van der Waals surface area contributed by atoms with Crippen LogP contribution in [-0.2, 0) is 0 Å². The second-order valence-corrected chi connectivity index (χ2v) is 4.55. The van der Waals surface area contributed by atoms with Crippen LogP contribution in [0.15, 0.2) is 22.7 Å². The van der Waals surface area contributed by atoms with E-state index in [1.807, 2.05) is 0 Å². The summed E-state index contributed by atoms with van der Waals surface area (Å²) in [6, 6.07) is 3.45. The Balaban J connectivity index is 2.97. The average molecular weight is 341 g/mol. The first-order valence-electron chi connectivity index (χ1n) is 5.30. The van der Waals surface area contributed by atoms with E-state index in [2.05, 4.69) is 26.0 Å². The van der Waals surface area contributed by atoms with Crippen LogP contribution in [0.4, 0.5) is 23.7 Å². The second kappa shape index (κ2) is 6.14. The lowest BCUT2D eigenvalue weighted by atomic mass is 10.3. The fourth-order valence-corrected chi connectivity index (χ4v) is 1.50. The number of nitrogens with zero attached hydrogens (tertiary/aromatic N) is 1. The molecule has 0 saturated carbocycles. The Bertz CT molecular complexity index is 466. The van der Waals surface area contributed by atoms with Crippen molar-refractivity contribution in [1.29, 1.82) is 0 Å². The molecule has 0 aromatic heterocycles. The minimum absolute atomic E-state index is 0.0502. The molecule has 2 amide bonds. The van der Waals surface area contributed by atoms with Gasteiger partial charge in [0.05, 0.1) is 5.69 Å². The number of carbonyl (C=O) groups excluding carboxylic acids is 1. The summed E-state index contributed by atoms with van der Waals surface area (Å²) in [4.78, 5) is 12.9. The highest BCUT2D eigenvalue weighted by molar-refractivity contribution is 9.10. The van der Waals surface area contributed by atoms with E-state index in [4.69, 9.17) is 0 Å². The van der Waals surface area contributed by atoms with Crippen LogP contribution in [0, 0.1) is 0 Å². The minimum atomic E-state index is -4.82. The van der Waals surface area contributed by atoms with E-state index in [1.165, 1.54) is 24.1 Å².